The molecule has 0 aliphatic heterocycles. The molecule has 0 amide bonds. The minimum atomic E-state index is -0.158. The topological polar surface area (TPSA) is 62.7 Å². The van der Waals surface area contributed by atoms with Crippen molar-refractivity contribution in [2.75, 3.05) is 5.43 Å². The fourth-order valence-corrected chi connectivity index (χ4v) is 2.48. The lowest BCUT2D eigenvalue weighted by molar-refractivity contribution is 0.764. The van der Waals surface area contributed by atoms with Crippen LogP contribution >= 0.6 is 11.6 Å². The molecule has 0 bridgehead atoms. The molecule has 108 valence electrons. The average molecular weight is 303 g/mol. The van der Waals surface area contributed by atoms with Crippen LogP contribution in [0.5, 0.6) is 0 Å². The number of rotatable bonds is 3. The highest BCUT2D eigenvalue weighted by Crippen LogP contribution is 2.14. The minimum absolute atomic E-state index is 0.158. The number of hydrogen-bond acceptors (Lipinski definition) is 3. The van der Waals surface area contributed by atoms with E-state index in [0.29, 0.717) is 28.3 Å². The maximum Gasteiger partial charge on any atom is 0.258 e. The number of nitrogens with one attached hydrogen (secondary N) is 2. The van der Waals surface area contributed by atoms with Crippen LogP contribution in [-0.4, -0.2) is 14.6 Å². The molecule has 0 fully saturated rings. The third-order valence-electron chi connectivity index (χ3n) is 3.39. The van der Waals surface area contributed by atoms with Crippen molar-refractivity contribution in [3.05, 3.63) is 62.9 Å². The summed E-state index contributed by atoms with van der Waals surface area (Å²) in [6.07, 6.45) is 0. The average Bonchev–Trinajstić information content (AvgIpc) is 2.75. The largest absolute Gasteiger partial charge is 0.318 e. The molecule has 0 unspecified atom stereocenters. The van der Waals surface area contributed by atoms with E-state index in [1.807, 2.05) is 30.7 Å². The number of hydrogen-bond donors (Lipinski definition) is 2. The minimum Gasteiger partial charge on any atom is -0.318 e. The summed E-state index contributed by atoms with van der Waals surface area (Å²) in [7, 11) is 0. The molecule has 0 aliphatic rings. The molecule has 6 heteroatoms. The summed E-state index contributed by atoms with van der Waals surface area (Å²) in [5.74, 6) is 0.572. The lowest BCUT2D eigenvalue weighted by Gasteiger charge is -2.12. The van der Waals surface area contributed by atoms with Gasteiger partial charge in [0, 0.05) is 16.4 Å². The van der Waals surface area contributed by atoms with Gasteiger partial charge in [-0.1, -0.05) is 11.6 Å². The monoisotopic (exact) mass is 302 g/mol. The van der Waals surface area contributed by atoms with Crippen LogP contribution < -0.4 is 11.0 Å². The van der Waals surface area contributed by atoms with Gasteiger partial charge in [-0.25, -0.2) is 4.98 Å². The Morgan fingerprint density at radius 2 is 1.95 bits per heavy atom. The van der Waals surface area contributed by atoms with Gasteiger partial charge in [-0.2, -0.15) is 0 Å². The zero-order chi connectivity index (χ0) is 15.0. The quantitative estimate of drug-likeness (QED) is 0.782. The number of aryl methyl sites for hydroxylation is 2. The highest BCUT2D eigenvalue weighted by molar-refractivity contribution is 6.31. The van der Waals surface area contributed by atoms with Crippen molar-refractivity contribution in [2.45, 2.75) is 20.4 Å². The van der Waals surface area contributed by atoms with Gasteiger partial charge in [-0.3, -0.25) is 9.47 Å². The van der Waals surface area contributed by atoms with Crippen LogP contribution in [0.4, 0.5) is 0 Å². The van der Waals surface area contributed by atoms with E-state index in [4.69, 9.17) is 11.6 Å². The number of halogens is 1. The first-order chi connectivity index (χ1) is 10.0. The van der Waals surface area contributed by atoms with Crippen molar-refractivity contribution >= 4 is 22.5 Å². The van der Waals surface area contributed by atoms with Crippen molar-refractivity contribution in [1.29, 1.82) is 0 Å². The van der Waals surface area contributed by atoms with Crippen LogP contribution in [-0.2, 0) is 6.54 Å². The Kier molecular flexibility index (Phi) is 3.43. The molecule has 5 nitrogen and oxygen atoms in total. The van der Waals surface area contributed by atoms with Gasteiger partial charge >= 0.3 is 0 Å². The van der Waals surface area contributed by atoms with E-state index in [-0.39, 0.29) is 5.56 Å². The molecule has 0 spiro atoms. The summed E-state index contributed by atoms with van der Waals surface area (Å²) >= 11 is 5.95. The molecule has 1 aromatic carbocycles. The van der Waals surface area contributed by atoms with Crippen molar-refractivity contribution in [2.24, 2.45) is 0 Å². The molecule has 0 saturated heterocycles. The fraction of sp³-hybridized carbons (Fsp3) is 0.200. The van der Waals surface area contributed by atoms with Gasteiger partial charge in [0.15, 0.2) is 0 Å². The second-order valence-corrected chi connectivity index (χ2v) is 5.40. The van der Waals surface area contributed by atoms with Gasteiger partial charge in [0.05, 0.1) is 17.4 Å². The van der Waals surface area contributed by atoms with Gasteiger partial charge in [-0.05, 0) is 44.2 Å². The van der Waals surface area contributed by atoms with Crippen molar-refractivity contribution in [3.8, 4) is 0 Å². The Balaban J connectivity index is 1.93. The molecule has 0 saturated carbocycles. The number of nitrogens with zero attached hydrogens (tertiary/aromatic N) is 2. The van der Waals surface area contributed by atoms with E-state index in [1.165, 1.54) is 0 Å². The van der Waals surface area contributed by atoms with E-state index >= 15 is 0 Å². The summed E-state index contributed by atoms with van der Waals surface area (Å²) in [4.78, 5) is 19.3. The number of aromatic amines is 1. The van der Waals surface area contributed by atoms with Crippen LogP contribution in [0.2, 0.25) is 5.02 Å². The Bertz CT molecular complexity index is 846. The Labute approximate surface area is 126 Å². The lowest BCUT2D eigenvalue weighted by atomic mass is 10.2. The standard InChI is InChI=1S/C15H15ClN4O/c1-9-3-4-10(2)20(9)17-8-14-18-13-7-11(16)5-6-12(13)15(21)19-14/h3-7,17H,8H2,1-2H3,(H,18,19,21). The highest BCUT2D eigenvalue weighted by atomic mass is 35.5. The normalized spacial score (nSPS) is 11.0. The summed E-state index contributed by atoms with van der Waals surface area (Å²) in [6, 6.07) is 9.12. The second-order valence-electron chi connectivity index (χ2n) is 4.96. The van der Waals surface area contributed by atoms with Gasteiger partial charge in [0.2, 0.25) is 0 Å². The first kappa shape index (κ1) is 13.7. The molecular weight excluding hydrogens is 288 g/mol. The summed E-state index contributed by atoms with van der Waals surface area (Å²) in [6.45, 7) is 4.45. The van der Waals surface area contributed by atoms with Crippen molar-refractivity contribution < 1.29 is 0 Å². The smallest absolute Gasteiger partial charge is 0.258 e. The molecule has 2 aromatic heterocycles. The van der Waals surface area contributed by atoms with Crippen LogP contribution in [0.15, 0.2) is 35.1 Å². The van der Waals surface area contributed by atoms with Crippen LogP contribution in [0.25, 0.3) is 10.9 Å². The zero-order valence-electron chi connectivity index (χ0n) is 11.8. The Hall–Kier alpha value is -2.27. The van der Waals surface area contributed by atoms with Gasteiger partial charge in [-0.15, -0.1) is 0 Å². The van der Waals surface area contributed by atoms with E-state index < -0.39 is 0 Å². The first-order valence-electron chi connectivity index (χ1n) is 6.62. The predicted molar refractivity (Wildman–Crippen MR) is 84.3 cm³/mol. The Morgan fingerprint density at radius 1 is 1.24 bits per heavy atom. The molecular formula is C15H15ClN4O. The molecule has 0 aliphatic carbocycles. The van der Waals surface area contributed by atoms with E-state index in [2.05, 4.69) is 15.4 Å². The number of benzene rings is 1. The zero-order valence-corrected chi connectivity index (χ0v) is 12.5. The fourth-order valence-electron chi connectivity index (χ4n) is 2.32. The van der Waals surface area contributed by atoms with Gasteiger partial charge in [0.25, 0.3) is 5.56 Å². The van der Waals surface area contributed by atoms with Crippen molar-refractivity contribution in [3.63, 3.8) is 0 Å². The van der Waals surface area contributed by atoms with Crippen LogP contribution in [0, 0.1) is 13.8 Å². The van der Waals surface area contributed by atoms with E-state index in [0.717, 1.165) is 11.4 Å². The maximum atomic E-state index is 12.0. The van der Waals surface area contributed by atoms with Gasteiger partial charge < -0.3 is 10.4 Å². The van der Waals surface area contributed by atoms with E-state index in [9.17, 15) is 4.79 Å². The summed E-state index contributed by atoms with van der Waals surface area (Å²) in [5.41, 5.74) is 5.87. The summed E-state index contributed by atoms with van der Waals surface area (Å²) < 4.78 is 1.96. The number of fused-ring (bicyclic) bond motifs is 1. The maximum absolute atomic E-state index is 12.0. The molecule has 2 N–H and O–H groups in total. The molecule has 21 heavy (non-hydrogen) atoms. The molecule has 3 aromatic rings. The third kappa shape index (κ3) is 2.64. The van der Waals surface area contributed by atoms with Crippen molar-refractivity contribution in [1.82, 2.24) is 14.6 Å². The summed E-state index contributed by atoms with van der Waals surface area (Å²) in [5, 5.41) is 1.10. The molecule has 0 atom stereocenters. The molecule has 0 radical (unpaired) electrons. The first-order valence-corrected chi connectivity index (χ1v) is 6.99. The second kappa shape index (κ2) is 5.26. The molecule has 3 rings (SSSR count). The lowest BCUT2D eigenvalue weighted by Crippen LogP contribution is -2.21. The highest BCUT2D eigenvalue weighted by Gasteiger charge is 2.06. The van der Waals surface area contributed by atoms with Gasteiger partial charge in [0.1, 0.15) is 5.82 Å². The SMILES string of the molecule is Cc1ccc(C)n1NCc1nc2cc(Cl)ccc2c(=O)[nH]1. The third-order valence-corrected chi connectivity index (χ3v) is 3.63. The molecule has 2 heterocycles. The van der Waals surface area contributed by atoms with E-state index in [1.54, 1.807) is 18.2 Å². The number of aromatic nitrogens is 3. The van der Waals surface area contributed by atoms with Crippen LogP contribution in [0.3, 0.4) is 0 Å². The van der Waals surface area contributed by atoms with Crippen LogP contribution in [0.1, 0.15) is 17.2 Å². The predicted octanol–water partition coefficient (Wildman–Crippen LogP) is 2.74. The Morgan fingerprint density at radius 3 is 2.67 bits per heavy atom. The number of H-pyrrole nitrogens is 1.